The summed E-state index contributed by atoms with van der Waals surface area (Å²) in [5, 5.41) is 7.28. The van der Waals surface area contributed by atoms with Crippen molar-refractivity contribution in [1.29, 1.82) is 0 Å². The fraction of sp³-hybridized carbons (Fsp3) is 0.250. The average Bonchev–Trinajstić information content (AvgIpc) is 2.78. The average molecular weight is 298 g/mol. The summed E-state index contributed by atoms with van der Waals surface area (Å²) < 4.78 is 16.2. The van der Waals surface area contributed by atoms with Crippen LogP contribution < -0.4 is 5.32 Å². The number of benzene rings is 1. The van der Waals surface area contributed by atoms with Crippen LogP contribution in [-0.2, 0) is 13.1 Å². The van der Waals surface area contributed by atoms with Crippen LogP contribution in [0.2, 0.25) is 0 Å². The Morgan fingerprint density at radius 2 is 2.29 bits per heavy atom. The van der Waals surface area contributed by atoms with E-state index < -0.39 is 0 Å². The second kappa shape index (κ2) is 5.31. The Bertz CT molecular complexity index is 510. The molecule has 0 amide bonds. The molecule has 0 unspecified atom stereocenters. The molecule has 1 heterocycles. The predicted octanol–water partition coefficient (Wildman–Crippen LogP) is 3.42. The number of aromatic nitrogens is 2. The molecule has 1 aromatic carbocycles. The molecular formula is C12H13BrFN3. The predicted molar refractivity (Wildman–Crippen MR) is 69.3 cm³/mol. The Morgan fingerprint density at radius 3 is 3.00 bits per heavy atom. The van der Waals surface area contributed by atoms with Gasteiger partial charge in [0.15, 0.2) is 0 Å². The fourth-order valence-corrected chi connectivity index (χ4v) is 1.91. The van der Waals surface area contributed by atoms with E-state index in [-0.39, 0.29) is 5.82 Å². The van der Waals surface area contributed by atoms with Gasteiger partial charge in [-0.2, -0.15) is 5.10 Å². The van der Waals surface area contributed by atoms with Crippen LogP contribution in [0.25, 0.3) is 0 Å². The molecule has 90 valence electrons. The van der Waals surface area contributed by atoms with E-state index in [1.807, 2.05) is 17.8 Å². The molecule has 0 bridgehead atoms. The lowest BCUT2D eigenvalue weighted by molar-refractivity contribution is 0.612. The van der Waals surface area contributed by atoms with Crippen LogP contribution >= 0.6 is 15.9 Å². The molecule has 2 rings (SSSR count). The van der Waals surface area contributed by atoms with E-state index in [0.717, 1.165) is 16.7 Å². The van der Waals surface area contributed by atoms with Crippen LogP contribution in [0.1, 0.15) is 12.5 Å². The van der Waals surface area contributed by atoms with Gasteiger partial charge in [-0.3, -0.25) is 4.68 Å². The van der Waals surface area contributed by atoms with Gasteiger partial charge in [-0.05, 0) is 25.1 Å². The molecule has 0 radical (unpaired) electrons. The first-order valence-electron chi connectivity index (χ1n) is 5.39. The zero-order valence-electron chi connectivity index (χ0n) is 9.45. The van der Waals surface area contributed by atoms with Gasteiger partial charge in [0.2, 0.25) is 0 Å². The van der Waals surface area contributed by atoms with Crippen molar-refractivity contribution in [2.45, 2.75) is 20.0 Å². The third kappa shape index (κ3) is 3.06. The highest BCUT2D eigenvalue weighted by Crippen LogP contribution is 2.17. The van der Waals surface area contributed by atoms with Gasteiger partial charge in [-0.25, -0.2) is 4.39 Å². The Balaban J connectivity index is 2.04. The first kappa shape index (κ1) is 12.1. The normalized spacial score (nSPS) is 10.5. The quantitative estimate of drug-likeness (QED) is 0.937. The molecule has 5 heteroatoms. The van der Waals surface area contributed by atoms with E-state index in [1.54, 1.807) is 18.3 Å². The molecule has 0 aliphatic heterocycles. The summed E-state index contributed by atoms with van der Waals surface area (Å²) in [6, 6.07) is 4.91. The van der Waals surface area contributed by atoms with Crippen molar-refractivity contribution in [1.82, 2.24) is 9.78 Å². The SMILES string of the molecule is CCn1cc(NCc2cc(Br)ccc2F)cn1. The number of hydrogen-bond acceptors (Lipinski definition) is 2. The zero-order chi connectivity index (χ0) is 12.3. The zero-order valence-corrected chi connectivity index (χ0v) is 11.0. The maximum Gasteiger partial charge on any atom is 0.128 e. The maximum atomic E-state index is 13.5. The lowest BCUT2D eigenvalue weighted by atomic mass is 10.2. The van der Waals surface area contributed by atoms with Crippen LogP contribution in [0, 0.1) is 5.82 Å². The van der Waals surface area contributed by atoms with Crippen LogP contribution in [0.4, 0.5) is 10.1 Å². The highest BCUT2D eigenvalue weighted by molar-refractivity contribution is 9.10. The third-order valence-electron chi connectivity index (χ3n) is 2.45. The number of hydrogen-bond donors (Lipinski definition) is 1. The Labute approximate surface area is 108 Å². The minimum absolute atomic E-state index is 0.205. The van der Waals surface area contributed by atoms with Crippen molar-refractivity contribution >= 4 is 21.6 Å². The monoisotopic (exact) mass is 297 g/mol. The standard InChI is InChI=1S/C12H13BrFN3/c1-2-17-8-11(7-16-17)15-6-9-5-10(13)3-4-12(9)14/h3-5,7-8,15H,2,6H2,1H3. The van der Waals surface area contributed by atoms with E-state index in [1.165, 1.54) is 6.07 Å². The lowest BCUT2D eigenvalue weighted by Crippen LogP contribution is -2.01. The molecule has 0 spiro atoms. The van der Waals surface area contributed by atoms with Gasteiger partial charge in [-0.1, -0.05) is 15.9 Å². The Hall–Kier alpha value is -1.36. The summed E-state index contributed by atoms with van der Waals surface area (Å²) in [4.78, 5) is 0. The van der Waals surface area contributed by atoms with Crippen LogP contribution in [0.3, 0.4) is 0 Å². The topological polar surface area (TPSA) is 29.9 Å². The highest BCUT2D eigenvalue weighted by Gasteiger charge is 2.03. The smallest absolute Gasteiger partial charge is 0.128 e. The summed E-state index contributed by atoms with van der Waals surface area (Å²) in [5.74, 6) is -0.205. The van der Waals surface area contributed by atoms with E-state index >= 15 is 0 Å². The van der Waals surface area contributed by atoms with Crippen molar-refractivity contribution in [3.05, 3.63) is 46.4 Å². The van der Waals surface area contributed by atoms with Gasteiger partial charge in [0, 0.05) is 29.3 Å². The van der Waals surface area contributed by atoms with Gasteiger partial charge in [0.05, 0.1) is 11.9 Å². The van der Waals surface area contributed by atoms with Gasteiger partial charge < -0.3 is 5.32 Å². The van der Waals surface area contributed by atoms with Crippen molar-refractivity contribution in [3.63, 3.8) is 0 Å². The van der Waals surface area contributed by atoms with Gasteiger partial charge in [-0.15, -0.1) is 0 Å². The number of anilines is 1. The second-order valence-corrected chi connectivity index (χ2v) is 4.59. The molecule has 2 aromatic rings. The van der Waals surface area contributed by atoms with E-state index in [0.29, 0.717) is 12.1 Å². The minimum Gasteiger partial charge on any atom is -0.378 e. The van der Waals surface area contributed by atoms with E-state index in [2.05, 4.69) is 26.3 Å². The number of nitrogens with one attached hydrogen (secondary N) is 1. The molecule has 0 aliphatic rings. The molecule has 0 saturated heterocycles. The van der Waals surface area contributed by atoms with E-state index in [4.69, 9.17) is 0 Å². The highest BCUT2D eigenvalue weighted by atomic mass is 79.9. The second-order valence-electron chi connectivity index (χ2n) is 3.67. The molecule has 0 aliphatic carbocycles. The Morgan fingerprint density at radius 1 is 1.47 bits per heavy atom. The van der Waals surface area contributed by atoms with Crippen LogP contribution in [0.5, 0.6) is 0 Å². The van der Waals surface area contributed by atoms with Gasteiger partial charge >= 0.3 is 0 Å². The number of halogens is 2. The fourth-order valence-electron chi connectivity index (χ4n) is 1.50. The van der Waals surface area contributed by atoms with Gasteiger partial charge in [0.25, 0.3) is 0 Å². The molecule has 1 N–H and O–H groups in total. The van der Waals surface area contributed by atoms with Crippen LogP contribution in [0.15, 0.2) is 35.1 Å². The molecule has 3 nitrogen and oxygen atoms in total. The largest absolute Gasteiger partial charge is 0.378 e. The van der Waals surface area contributed by atoms with Crippen molar-refractivity contribution in [3.8, 4) is 0 Å². The number of rotatable bonds is 4. The maximum absolute atomic E-state index is 13.5. The molecule has 0 saturated carbocycles. The van der Waals surface area contributed by atoms with Crippen molar-refractivity contribution in [2.75, 3.05) is 5.32 Å². The lowest BCUT2D eigenvalue weighted by Gasteiger charge is -2.05. The minimum atomic E-state index is -0.205. The van der Waals surface area contributed by atoms with Crippen molar-refractivity contribution in [2.24, 2.45) is 0 Å². The number of aryl methyl sites for hydroxylation is 1. The molecular weight excluding hydrogens is 285 g/mol. The van der Waals surface area contributed by atoms with E-state index in [9.17, 15) is 4.39 Å². The summed E-state index contributed by atoms with van der Waals surface area (Å²) in [6.07, 6.45) is 3.63. The molecule has 0 fully saturated rings. The number of nitrogens with zero attached hydrogens (tertiary/aromatic N) is 2. The molecule has 0 atom stereocenters. The third-order valence-corrected chi connectivity index (χ3v) is 2.94. The van der Waals surface area contributed by atoms with Crippen LogP contribution in [-0.4, -0.2) is 9.78 Å². The Kier molecular flexibility index (Phi) is 3.78. The van der Waals surface area contributed by atoms with Crippen molar-refractivity contribution < 1.29 is 4.39 Å². The van der Waals surface area contributed by atoms with Gasteiger partial charge in [0.1, 0.15) is 5.82 Å². The summed E-state index contributed by atoms with van der Waals surface area (Å²) in [7, 11) is 0. The molecule has 1 aromatic heterocycles. The molecule has 17 heavy (non-hydrogen) atoms. The summed E-state index contributed by atoms with van der Waals surface area (Å²) in [5.41, 5.74) is 1.52. The first-order chi connectivity index (χ1) is 8.19. The first-order valence-corrected chi connectivity index (χ1v) is 6.18. The summed E-state index contributed by atoms with van der Waals surface area (Å²) in [6.45, 7) is 3.29. The summed E-state index contributed by atoms with van der Waals surface area (Å²) >= 11 is 3.33.